The van der Waals surface area contributed by atoms with Gasteiger partial charge >= 0.3 is 0 Å². The van der Waals surface area contributed by atoms with Crippen LogP contribution in [-0.4, -0.2) is 35.4 Å². The van der Waals surface area contributed by atoms with Crippen molar-refractivity contribution in [3.8, 4) is 0 Å². The molecule has 1 aromatic carbocycles. The molecule has 1 saturated carbocycles. The quantitative estimate of drug-likeness (QED) is 0.762. The fourth-order valence-corrected chi connectivity index (χ4v) is 3.54. The summed E-state index contributed by atoms with van der Waals surface area (Å²) in [5.74, 6) is 0.889. The average Bonchev–Trinajstić information content (AvgIpc) is 3.14. The second-order valence-corrected chi connectivity index (χ2v) is 7.47. The molecule has 146 valence electrons. The predicted molar refractivity (Wildman–Crippen MR) is 107 cm³/mol. The smallest absolute Gasteiger partial charge is 0.229 e. The molecule has 2 N–H and O–H groups in total. The van der Waals surface area contributed by atoms with E-state index >= 15 is 0 Å². The van der Waals surface area contributed by atoms with Crippen LogP contribution in [0.3, 0.4) is 0 Å². The molecular weight excluding hydrogens is 364 g/mol. The molecule has 0 bridgehead atoms. The zero-order valence-electron chi connectivity index (χ0n) is 15.6. The highest BCUT2D eigenvalue weighted by atomic mass is 35.5. The Kier molecular flexibility index (Phi) is 6.52. The van der Waals surface area contributed by atoms with E-state index in [1.807, 2.05) is 43.7 Å². The van der Waals surface area contributed by atoms with E-state index in [-0.39, 0.29) is 30.2 Å². The maximum atomic E-state index is 12.8. The van der Waals surface area contributed by atoms with Crippen LogP contribution in [0.5, 0.6) is 0 Å². The number of hydrogen-bond donors (Lipinski definition) is 2. The van der Waals surface area contributed by atoms with Gasteiger partial charge in [0.25, 0.3) is 0 Å². The highest BCUT2D eigenvalue weighted by Gasteiger charge is 2.34. The number of ether oxygens (including phenoxy) is 1. The Morgan fingerprint density at radius 2 is 2.22 bits per heavy atom. The summed E-state index contributed by atoms with van der Waals surface area (Å²) < 4.78 is 7.53. The van der Waals surface area contributed by atoms with Gasteiger partial charge in [0.1, 0.15) is 0 Å². The van der Waals surface area contributed by atoms with E-state index in [1.54, 1.807) is 4.68 Å². The second-order valence-electron chi connectivity index (χ2n) is 7.47. The zero-order valence-corrected chi connectivity index (χ0v) is 16.4. The summed E-state index contributed by atoms with van der Waals surface area (Å²) in [7, 11) is 1.90. The highest BCUT2D eigenvalue weighted by Crippen LogP contribution is 2.30. The Morgan fingerprint density at radius 3 is 2.96 bits per heavy atom. The summed E-state index contributed by atoms with van der Waals surface area (Å²) in [6.45, 7) is 2.94. The molecule has 1 aliphatic carbocycles. The molecule has 7 heteroatoms. The van der Waals surface area contributed by atoms with Crippen molar-refractivity contribution in [2.75, 3.05) is 25.0 Å². The molecule has 4 rings (SSSR count). The number of nitrogens with zero attached hydrogens (tertiary/aromatic N) is 2. The van der Waals surface area contributed by atoms with Gasteiger partial charge in [0.2, 0.25) is 5.91 Å². The van der Waals surface area contributed by atoms with Crippen LogP contribution in [0.1, 0.15) is 29.9 Å². The van der Waals surface area contributed by atoms with Crippen LogP contribution in [0.25, 0.3) is 0 Å². The van der Waals surface area contributed by atoms with Crippen LogP contribution in [-0.2, 0) is 23.2 Å². The van der Waals surface area contributed by atoms with Crippen molar-refractivity contribution in [1.29, 1.82) is 0 Å². The van der Waals surface area contributed by atoms with E-state index in [0.29, 0.717) is 13.2 Å². The number of aromatic nitrogens is 2. The summed E-state index contributed by atoms with van der Waals surface area (Å²) >= 11 is 0. The van der Waals surface area contributed by atoms with Gasteiger partial charge in [-0.2, -0.15) is 5.10 Å². The fraction of sp³-hybridized carbons (Fsp3) is 0.500. The first-order chi connectivity index (χ1) is 12.7. The van der Waals surface area contributed by atoms with E-state index in [1.165, 1.54) is 12.8 Å². The van der Waals surface area contributed by atoms with E-state index in [9.17, 15) is 4.79 Å². The van der Waals surface area contributed by atoms with Gasteiger partial charge < -0.3 is 15.4 Å². The van der Waals surface area contributed by atoms with Crippen LogP contribution in [0.4, 0.5) is 5.69 Å². The monoisotopic (exact) mass is 390 g/mol. The molecule has 2 fully saturated rings. The Bertz CT molecular complexity index is 775. The summed E-state index contributed by atoms with van der Waals surface area (Å²) in [5.41, 5.74) is 3.04. The molecular formula is C20H27ClN4O2. The van der Waals surface area contributed by atoms with Crippen LogP contribution in [0, 0.1) is 11.8 Å². The summed E-state index contributed by atoms with van der Waals surface area (Å²) in [6.07, 6.45) is 6.44. The van der Waals surface area contributed by atoms with Crippen LogP contribution in [0.2, 0.25) is 0 Å². The Balaban J connectivity index is 0.00000210. The van der Waals surface area contributed by atoms with Crippen molar-refractivity contribution < 1.29 is 9.53 Å². The predicted octanol–water partition coefficient (Wildman–Crippen LogP) is 2.71. The number of hydrogen-bond acceptors (Lipinski definition) is 4. The molecule has 2 aromatic rings. The molecule has 0 unspecified atom stereocenters. The third-order valence-corrected chi connectivity index (χ3v) is 5.22. The van der Waals surface area contributed by atoms with Gasteiger partial charge in [0.15, 0.2) is 0 Å². The van der Waals surface area contributed by atoms with E-state index < -0.39 is 0 Å². The SMILES string of the molecule is Cl.Cn1cc([C@H]2CNC[C@@H]2C(=O)Nc2cccc(COCC3CC3)c2)cn1. The number of amides is 1. The highest BCUT2D eigenvalue weighted by molar-refractivity contribution is 5.93. The number of anilines is 1. The van der Waals surface area contributed by atoms with Gasteiger partial charge in [0, 0.05) is 44.5 Å². The summed E-state index contributed by atoms with van der Waals surface area (Å²) in [4.78, 5) is 12.8. The lowest BCUT2D eigenvalue weighted by molar-refractivity contribution is -0.119. The lowest BCUT2D eigenvalue weighted by Gasteiger charge is -2.17. The first-order valence-electron chi connectivity index (χ1n) is 9.36. The molecule has 27 heavy (non-hydrogen) atoms. The van der Waals surface area contributed by atoms with Crippen molar-refractivity contribution in [3.05, 3.63) is 47.8 Å². The topological polar surface area (TPSA) is 68.2 Å². The molecule has 1 amide bonds. The van der Waals surface area contributed by atoms with Crippen molar-refractivity contribution in [3.63, 3.8) is 0 Å². The minimum atomic E-state index is -0.0889. The molecule has 2 atom stereocenters. The van der Waals surface area contributed by atoms with Gasteiger partial charge in [-0.1, -0.05) is 12.1 Å². The van der Waals surface area contributed by atoms with E-state index in [0.717, 1.165) is 35.9 Å². The molecule has 2 heterocycles. The van der Waals surface area contributed by atoms with Gasteiger partial charge in [-0.05, 0) is 42.0 Å². The van der Waals surface area contributed by atoms with Crippen LogP contribution < -0.4 is 10.6 Å². The Labute approximate surface area is 166 Å². The normalized spacial score (nSPS) is 21.7. The van der Waals surface area contributed by atoms with E-state index in [2.05, 4.69) is 15.7 Å². The van der Waals surface area contributed by atoms with Crippen LogP contribution in [0.15, 0.2) is 36.7 Å². The lowest BCUT2D eigenvalue weighted by atomic mass is 9.90. The second kappa shape index (κ2) is 8.87. The van der Waals surface area contributed by atoms with Gasteiger partial charge in [-0.15, -0.1) is 12.4 Å². The molecule has 1 aromatic heterocycles. The molecule has 0 radical (unpaired) electrons. The van der Waals surface area contributed by atoms with Gasteiger partial charge in [-0.25, -0.2) is 0 Å². The third kappa shape index (κ3) is 5.09. The lowest BCUT2D eigenvalue weighted by Crippen LogP contribution is -2.28. The summed E-state index contributed by atoms with van der Waals surface area (Å²) in [5, 5.41) is 10.7. The minimum absolute atomic E-state index is 0. The van der Waals surface area contributed by atoms with Crippen molar-refractivity contribution in [2.24, 2.45) is 18.9 Å². The number of halogens is 1. The average molecular weight is 391 g/mol. The fourth-order valence-electron chi connectivity index (χ4n) is 3.54. The number of rotatable bonds is 7. The molecule has 2 aliphatic rings. The van der Waals surface area contributed by atoms with Gasteiger partial charge in [0.05, 0.1) is 18.7 Å². The first-order valence-corrected chi connectivity index (χ1v) is 9.36. The third-order valence-electron chi connectivity index (χ3n) is 5.22. The largest absolute Gasteiger partial charge is 0.376 e. The first kappa shape index (κ1) is 19.9. The molecule has 1 saturated heterocycles. The number of carbonyl (C=O) groups is 1. The number of aryl methyl sites for hydroxylation is 1. The number of benzene rings is 1. The van der Waals surface area contributed by atoms with Crippen molar-refractivity contribution in [1.82, 2.24) is 15.1 Å². The maximum absolute atomic E-state index is 12.8. The van der Waals surface area contributed by atoms with E-state index in [4.69, 9.17) is 4.74 Å². The zero-order chi connectivity index (χ0) is 17.9. The summed E-state index contributed by atoms with van der Waals surface area (Å²) in [6, 6.07) is 7.95. The minimum Gasteiger partial charge on any atom is -0.376 e. The van der Waals surface area contributed by atoms with Crippen molar-refractivity contribution in [2.45, 2.75) is 25.4 Å². The Hall–Kier alpha value is -1.89. The number of carbonyl (C=O) groups excluding carboxylic acids is 1. The number of nitrogens with one attached hydrogen (secondary N) is 2. The van der Waals surface area contributed by atoms with Crippen LogP contribution >= 0.6 is 12.4 Å². The van der Waals surface area contributed by atoms with Gasteiger partial charge in [-0.3, -0.25) is 9.48 Å². The molecule has 1 aliphatic heterocycles. The van der Waals surface area contributed by atoms with Crippen molar-refractivity contribution >= 4 is 24.0 Å². The molecule has 0 spiro atoms. The maximum Gasteiger partial charge on any atom is 0.229 e. The Morgan fingerprint density at radius 1 is 1.37 bits per heavy atom. The standard InChI is InChI=1S/C20H26N4O2.ClH/c1-24-11-16(8-22-24)18-9-21-10-19(18)20(25)23-17-4-2-3-15(7-17)13-26-12-14-5-6-14;/h2-4,7-8,11,14,18-19,21H,5-6,9-10,12-13H2,1H3,(H,23,25);1H/t18-,19+;/m1./s1. The molecule has 6 nitrogen and oxygen atoms in total.